The van der Waals surface area contributed by atoms with E-state index in [-0.39, 0.29) is 0 Å². The minimum absolute atomic E-state index is 0.291. The van der Waals surface area contributed by atoms with Gasteiger partial charge in [-0.05, 0) is 38.0 Å². The number of aromatic nitrogens is 2. The highest BCUT2D eigenvalue weighted by Gasteiger charge is 2.42. The van der Waals surface area contributed by atoms with Crippen molar-refractivity contribution in [2.45, 2.75) is 39.0 Å². The quantitative estimate of drug-likeness (QED) is 0.843. The molecule has 0 aliphatic heterocycles. The van der Waals surface area contributed by atoms with Gasteiger partial charge in [-0.15, -0.1) is 0 Å². The smallest absolute Gasteiger partial charge is 0.140 e. The molecule has 3 unspecified atom stereocenters. The molecule has 3 rings (SSSR count). The Morgan fingerprint density at radius 1 is 1.44 bits per heavy atom. The number of halogens is 1. The van der Waals surface area contributed by atoms with Crippen LogP contribution in [0.1, 0.15) is 36.9 Å². The Labute approximate surface area is 113 Å². The van der Waals surface area contributed by atoms with E-state index >= 15 is 0 Å². The van der Waals surface area contributed by atoms with Gasteiger partial charge in [0.2, 0.25) is 0 Å². The number of rotatable bonds is 3. The Hall–Kier alpha value is -0.830. The summed E-state index contributed by atoms with van der Waals surface area (Å²) in [5.41, 5.74) is 1.81. The lowest BCUT2D eigenvalue weighted by atomic mass is 9.84. The maximum Gasteiger partial charge on any atom is 0.140 e. The van der Waals surface area contributed by atoms with Crippen LogP contribution in [-0.2, 0) is 18.3 Å². The van der Waals surface area contributed by atoms with Crippen LogP contribution in [0.3, 0.4) is 0 Å². The largest absolute Gasteiger partial charge is 0.299 e. The van der Waals surface area contributed by atoms with Gasteiger partial charge in [0.1, 0.15) is 10.9 Å². The summed E-state index contributed by atoms with van der Waals surface area (Å²) in [6.45, 7) is 1.93. The molecule has 2 saturated carbocycles. The van der Waals surface area contributed by atoms with Crippen molar-refractivity contribution in [2.75, 3.05) is 0 Å². The van der Waals surface area contributed by atoms with Gasteiger partial charge in [-0.2, -0.15) is 5.10 Å². The number of Topliss-reactive ketones (excluding diaryl/α,β-unsaturated/α-hetero) is 1. The zero-order valence-corrected chi connectivity index (χ0v) is 11.7. The Bertz CT molecular complexity index is 494. The first-order valence-corrected chi connectivity index (χ1v) is 7.14. The molecule has 0 aromatic carbocycles. The molecule has 0 radical (unpaired) electrons. The number of fused-ring (bicyclic) bond motifs is 2. The van der Waals surface area contributed by atoms with Gasteiger partial charge in [0.05, 0.1) is 5.69 Å². The Balaban J connectivity index is 1.75. The summed E-state index contributed by atoms with van der Waals surface area (Å²) in [5, 5.41) is 4.89. The predicted octanol–water partition coefficient (Wildman–Crippen LogP) is 2.93. The summed E-state index contributed by atoms with van der Waals surface area (Å²) in [5.74, 6) is 2.13. The fourth-order valence-electron chi connectivity index (χ4n) is 3.82. The second kappa shape index (κ2) is 4.37. The first-order chi connectivity index (χ1) is 8.56. The molecule has 98 valence electrons. The van der Waals surface area contributed by atoms with Gasteiger partial charge in [-0.3, -0.25) is 9.48 Å². The van der Waals surface area contributed by atoms with Crippen molar-refractivity contribution < 1.29 is 4.79 Å². The Morgan fingerprint density at radius 2 is 2.22 bits per heavy atom. The van der Waals surface area contributed by atoms with Crippen LogP contribution >= 0.6 is 11.6 Å². The van der Waals surface area contributed by atoms with Crippen LogP contribution in [0.4, 0.5) is 0 Å². The molecule has 1 aromatic rings. The van der Waals surface area contributed by atoms with E-state index in [1.54, 1.807) is 4.68 Å². The van der Waals surface area contributed by atoms with E-state index in [0.717, 1.165) is 23.6 Å². The monoisotopic (exact) mass is 266 g/mol. The van der Waals surface area contributed by atoms with Crippen molar-refractivity contribution in [3.63, 3.8) is 0 Å². The van der Waals surface area contributed by atoms with Gasteiger partial charge in [-0.1, -0.05) is 18.0 Å². The van der Waals surface area contributed by atoms with Gasteiger partial charge >= 0.3 is 0 Å². The fourth-order valence-corrected chi connectivity index (χ4v) is 4.06. The van der Waals surface area contributed by atoms with Gasteiger partial charge in [0.15, 0.2) is 0 Å². The number of hydrogen-bond acceptors (Lipinski definition) is 2. The van der Waals surface area contributed by atoms with Crippen LogP contribution in [0.25, 0.3) is 0 Å². The van der Waals surface area contributed by atoms with Crippen molar-refractivity contribution in [2.24, 2.45) is 24.8 Å². The van der Waals surface area contributed by atoms with Gasteiger partial charge < -0.3 is 0 Å². The number of aryl methyl sites for hydroxylation is 2. The van der Waals surface area contributed by atoms with Crippen LogP contribution in [0.5, 0.6) is 0 Å². The first kappa shape index (κ1) is 12.2. The highest BCUT2D eigenvalue weighted by atomic mass is 35.5. The fraction of sp³-hybridized carbons (Fsp3) is 0.714. The van der Waals surface area contributed by atoms with Crippen LogP contribution < -0.4 is 0 Å². The van der Waals surface area contributed by atoms with Crippen molar-refractivity contribution >= 4 is 17.4 Å². The number of carbonyl (C=O) groups excluding carboxylic acids is 1. The minimum Gasteiger partial charge on any atom is -0.299 e. The molecule has 2 aliphatic carbocycles. The van der Waals surface area contributed by atoms with Crippen molar-refractivity contribution in [1.82, 2.24) is 9.78 Å². The molecular weight excluding hydrogens is 248 g/mol. The van der Waals surface area contributed by atoms with E-state index < -0.39 is 0 Å². The maximum absolute atomic E-state index is 12.4. The Kier molecular flexibility index (Phi) is 2.97. The molecule has 3 atom stereocenters. The summed E-state index contributed by atoms with van der Waals surface area (Å²) in [7, 11) is 1.82. The highest BCUT2D eigenvalue weighted by Crippen LogP contribution is 2.49. The van der Waals surface area contributed by atoms with Gasteiger partial charge in [-0.25, -0.2) is 0 Å². The summed E-state index contributed by atoms with van der Waals surface area (Å²) in [4.78, 5) is 12.4. The highest BCUT2D eigenvalue weighted by molar-refractivity contribution is 6.30. The molecule has 3 nitrogen and oxygen atoms in total. The van der Waals surface area contributed by atoms with Crippen molar-refractivity contribution in [3.8, 4) is 0 Å². The second-order valence-electron chi connectivity index (χ2n) is 5.90. The first-order valence-electron chi connectivity index (χ1n) is 6.77. The topological polar surface area (TPSA) is 34.9 Å². The van der Waals surface area contributed by atoms with Crippen LogP contribution in [-0.4, -0.2) is 15.6 Å². The van der Waals surface area contributed by atoms with Crippen LogP contribution in [0.15, 0.2) is 0 Å². The van der Waals surface area contributed by atoms with E-state index in [0.29, 0.717) is 29.2 Å². The van der Waals surface area contributed by atoms with E-state index in [4.69, 9.17) is 11.6 Å². The standard InChI is InChI=1S/C14H19ClN2O/c1-8-11(14(15)17(2)16-8)7-13(18)12-6-9-3-4-10(12)5-9/h9-10,12H,3-7H2,1-2H3. The maximum atomic E-state index is 12.4. The van der Waals surface area contributed by atoms with Gasteiger partial charge in [0, 0.05) is 24.9 Å². The van der Waals surface area contributed by atoms with Crippen molar-refractivity contribution in [3.05, 3.63) is 16.4 Å². The zero-order valence-electron chi connectivity index (χ0n) is 10.9. The molecule has 2 bridgehead atoms. The normalized spacial score (nSPS) is 30.1. The third-order valence-electron chi connectivity index (χ3n) is 4.77. The van der Waals surface area contributed by atoms with E-state index in [2.05, 4.69) is 5.10 Å². The molecule has 1 aromatic heterocycles. The van der Waals surface area contributed by atoms with E-state index in [1.165, 1.54) is 19.3 Å². The molecular formula is C14H19ClN2O. The third kappa shape index (κ3) is 1.89. The van der Waals surface area contributed by atoms with Crippen molar-refractivity contribution in [1.29, 1.82) is 0 Å². The molecule has 0 N–H and O–H groups in total. The average Bonchev–Trinajstić information content (AvgIpc) is 3.00. The molecule has 18 heavy (non-hydrogen) atoms. The summed E-state index contributed by atoms with van der Waals surface area (Å²) in [6.07, 6.45) is 5.44. The van der Waals surface area contributed by atoms with E-state index in [1.807, 2.05) is 14.0 Å². The molecule has 0 amide bonds. The number of ketones is 1. The summed E-state index contributed by atoms with van der Waals surface area (Å²) >= 11 is 6.19. The summed E-state index contributed by atoms with van der Waals surface area (Å²) < 4.78 is 1.65. The molecule has 0 saturated heterocycles. The SMILES string of the molecule is Cc1nn(C)c(Cl)c1CC(=O)C1CC2CCC1C2. The number of hydrogen-bond donors (Lipinski definition) is 0. The van der Waals surface area contributed by atoms with E-state index in [9.17, 15) is 4.79 Å². The predicted molar refractivity (Wildman–Crippen MR) is 70.6 cm³/mol. The molecule has 2 fully saturated rings. The lowest BCUT2D eigenvalue weighted by molar-refractivity contribution is -0.123. The number of nitrogens with zero attached hydrogens (tertiary/aromatic N) is 2. The molecule has 0 spiro atoms. The minimum atomic E-state index is 0.291. The molecule has 2 aliphatic rings. The lowest BCUT2D eigenvalue weighted by Gasteiger charge is -2.20. The van der Waals surface area contributed by atoms with Crippen LogP contribution in [0.2, 0.25) is 5.15 Å². The van der Waals surface area contributed by atoms with Crippen LogP contribution in [0, 0.1) is 24.7 Å². The zero-order chi connectivity index (χ0) is 12.9. The average molecular weight is 267 g/mol. The van der Waals surface area contributed by atoms with Gasteiger partial charge in [0.25, 0.3) is 0 Å². The molecule has 1 heterocycles. The number of carbonyl (C=O) groups is 1. The molecule has 4 heteroatoms. The summed E-state index contributed by atoms with van der Waals surface area (Å²) in [6, 6.07) is 0. The third-order valence-corrected chi connectivity index (χ3v) is 5.25. The lowest BCUT2D eigenvalue weighted by Crippen LogP contribution is -2.22. The Morgan fingerprint density at radius 3 is 2.72 bits per heavy atom. The second-order valence-corrected chi connectivity index (χ2v) is 6.26.